The molecular formula is C20H16ClN5O2S2. The number of carbonyl (C=O) groups excluding carboxylic acids is 1. The molecule has 152 valence electrons. The van der Waals surface area contributed by atoms with Gasteiger partial charge in [0.25, 0.3) is 0 Å². The van der Waals surface area contributed by atoms with Crippen LogP contribution in [0.15, 0.2) is 86.3 Å². The SMILES string of the molecule is Nn1c(SCC(=O)Nc2ccccc2Sc2ccc(Cl)cc2)nnc1-c1ccco1. The molecule has 7 nitrogen and oxygen atoms in total. The van der Waals surface area contributed by atoms with Gasteiger partial charge < -0.3 is 15.6 Å². The Morgan fingerprint density at radius 1 is 1.10 bits per heavy atom. The Kier molecular flexibility index (Phi) is 6.32. The van der Waals surface area contributed by atoms with Gasteiger partial charge in [0.05, 0.1) is 17.7 Å². The molecule has 0 saturated carbocycles. The normalized spacial score (nSPS) is 10.8. The molecular weight excluding hydrogens is 442 g/mol. The molecule has 2 heterocycles. The van der Waals surface area contributed by atoms with Crippen LogP contribution < -0.4 is 11.2 Å². The number of amides is 1. The zero-order chi connectivity index (χ0) is 20.9. The molecule has 4 aromatic rings. The first-order chi connectivity index (χ1) is 14.6. The summed E-state index contributed by atoms with van der Waals surface area (Å²) in [5.74, 6) is 6.88. The highest BCUT2D eigenvalue weighted by Crippen LogP contribution is 2.34. The van der Waals surface area contributed by atoms with Gasteiger partial charge in [0.15, 0.2) is 5.76 Å². The molecule has 0 bridgehead atoms. The Hall–Kier alpha value is -2.88. The highest BCUT2D eigenvalue weighted by molar-refractivity contribution is 8.00. The Morgan fingerprint density at radius 2 is 1.90 bits per heavy atom. The first-order valence-electron chi connectivity index (χ1n) is 8.79. The van der Waals surface area contributed by atoms with Gasteiger partial charge in [-0.3, -0.25) is 4.79 Å². The quantitative estimate of drug-likeness (QED) is 0.304. The van der Waals surface area contributed by atoms with Gasteiger partial charge >= 0.3 is 0 Å². The molecule has 0 fully saturated rings. The van der Waals surface area contributed by atoms with E-state index in [1.165, 1.54) is 22.7 Å². The molecule has 0 radical (unpaired) electrons. The van der Waals surface area contributed by atoms with Crippen molar-refractivity contribution < 1.29 is 9.21 Å². The van der Waals surface area contributed by atoms with Gasteiger partial charge in [0.2, 0.25) is 16.9 Å². The van der Waals surface area contributed by atoms with Crippen molar-refractivity contribution in [2.75, 3.05) is 16.9 Å². The van der Waals surface area contributed by atoms with Gasteiger partial charge in [-0.1, -0.05) is 47.3 Å². The summed E-state index contributed by atoms with van der Waals surface area (Å²) in [4.78, 5) is 14.5. The van der Waals surface area contributed by atoms with Gasteiger partial charge in [-0.2, -0.15) is 0 Å². The van der Waals surface area contributed by atoms with Crippen LogP contribution in [0.3, 0.4) is 0 Å². The van der Waals surface area contributed by atoms with Crippen LogP contribution in [-0.4, -0.2) is 26.5 Å². The number of nitrogens with one attached hydrogen (secondary N) is 1. The number of thioether (sulfide) groups is 1. The molecule has 0 aliphatic heterocycles. The minimum absolute atomic E-state index is 0.132. The number of hydrogen-bond donors (Lipinski definition) is 2. The molecule has 2 aromatic carbocycles. The average molecular weight is 458 g/mol. The van der Waals surface area contributed by atoms with Crippen molar-refractivity contribution in [2.45, 2.75) is 14.9 Å². The molecule has 4 rings (SSSR count). The molecule has 2 aromatic heterocycles. The first kappa shape index (κ1) is 20.4. The second kappa shape index (κ2) is 9.29. The smallest absolute Gasteiger partial charge is 0.234 e. The van der Waals surface area contributed by atoms with Crippen molar-refractivity contribution in [3.63, 3.8) is 0 Å². The third-order valence-corrected chi connectivity index (χ3v) is 6.22. The van der Waals surface area contributed by atoms with Crippen molar-refractivity contribution in [3.05, 3.63) is 71.9 Å². The van der Waals surface area contributed by atoms with E-state index in [0.717, 1.165) is 15.5 Å². The number of hydrogen-bond acceptors (Lipinski definition) is 7. The number of nitrogen functional groups attached to an aromatic ring is 1. The fourth-order valence-corrected chi connectivity index (χ4v) is 4.24. The van der Waals surface area contributed by atoms with Gasteiger partial charge in [-0.25, -0.2) is 4.68 Å². The topological polar surface area (TPSA) is 99.0 Å². The number of halogens is 1. The van der Waals surface area contributed by atoms with Crippen LogP contribution in [0.25, 0.3) is 11.6 Å². The third kappa shape index (κ3) is 4.81. The van der Waals surface area contributed by atoms with Crippen molar-refractivity contribution >= 4 is 46.7 Å². The molecule has 0 spiro atoms. The number of benzene rings is 2. The number of nitrogens with two attached hydrogens (primary N) is 1. The van der Waals surface area contributed by atoms with E-state index >= 15 is 0 Å². The number of rotatable bonds is 7. The molecule has 0 aliphatic carbocycles. The monoisotopic (exact) mass is 457 g/mol. The van der Waals surface area contributed by atoms with Crippen LogP contribution in [-0.2, 0) is 4.79 Å². The number of para-hydroxylation sites is 1. The summed E-state index contributed by atoms with van der Waals surface area (Å²) in [6.45, 7) is 0. The lowest BCUT2D eigenvalue weighted by atomic mass is 10.3. The Balaban J connectivity index is 1.40. The van der Waals surface area contributed by atoms with E-state index in [9.17, 15) is 4.79 Å². The fraction of sp³-hybridized carbons (Fsp3) is 0.0500. The lowest BCUT2D eigenvalue weighted by Gasteiger charge is -2.10. The summed E-state index contributed by atoms with van der Waals surface area (Å²) < 4.78 is 6.59. The maximum Gasteiger partial charge on any atom is 0.234 e. The van der Waals surface area contributed by atoms with Crippen LogP contribution >= 0.6 is 35.1 Å². The molecule has 10 heteroatoms. The summed E-state index contributed by atoms with van der Waals surface area (Å²) >= 11 is 8.69. The highest BCUT2D eigenvalue weighted by atomic mass is 35.5. The predicted molar refractivity (Wildman–Crippen MR) is 119 cm³/mol. The molecule has 0 atom stereocenters. The molecule has 3 N–H and O–H groups in total. The number of aromatic nitrogens is 3. The summed E-state index contributed by atoms with van der Waals surface area (Å²) in [6.07, 6.45) is 1.53. The molecule has 1 amide bonds. The number of carbonyl (C=O) groups is 1. The summed E-state index contributed by atoms with van der Waals surface area (Å²) in [5.41, 5.74) is 0.730. The summed E-state index contributed by atoms with van der Waals surface area (Å²) in [5, 5.41) is 12.1. The second-order valence-corrected chi connectivity index (χ2v) is 8.54. The number of nitrogens with zero attached hydrogens (tertiary/aromatic N) is 3. The van der Waals surface area contributed by atoms with Gasteiger partial charge in [-0.15, -0.1) is 10.2 Å². The van der Waals surface area contributed by atoms with E-state index in [4.69, 9.17) is 21.9 Å². The van der Waals surface area contributed by atoms with Crippen molar-refractivity contribution in [3.8, 4) is 11.6 Å². The molecule has 30 heavy (non-hydrogen) atoms. The first-order valence-corrected chi connectivity index (χ1v) is 11.0. The zero-order valence-electron chi connectivity index (χ0n) is 15.5. The van der Waals surface area contributed by atoms with Crippen LogP contribution in [0.1, 0.15) is 0 Å². The van der Waals surface area contributed by atoms with Crippen molar-refractivity contribution in [2.24, 2.45) is 0 Å². The van der Waals surface area contributed by atoms with Crippen LogP contribution in [0.4, 0.5) is 5.69 Å². The van der Waals surface area contributed by atoms with Gasteiger partial charge in [0.1, 0.15) is 0 Å². The van der Waals surface area contributed by atoms with E-state index in [-0.39, 0.29) is 11.7 Å². The van der Waals surface area contributed by atoms with E-state index in [1.54, 1.807) is 23.9 Å². The molecule has 0 aliphatic rings. The average Bonchev–Trinajstić information content (AvgIpc) is 3.39. The predicted octanol–water partition coefficient (Wildman–Crippen LogP) is 4.79. The zero-order valence-corrected chi connectivity index (χ0v) is 17.9. The molecule has 0 saturated heterocycles. The number of furan rings is 1. The van der Waals surface area contributed by atoms with Crippen LogP contribution in [0, 0.1) is 0 Å². The van der Waals surface area contributed by atoms with E-state index < -0.39 is 0 Å². The Labute approximate surface area is 186 Å². The summed E-state index contributed by atoms with van der Waals surface area (Å²) in [7, 11) is 0. The maximum absolute atomic E-state index is 12.5. The lowest BCUT2D eigenvalue weighted by molar-refractivity contribution is -0.113. The lowest BCUT2D eigenvalue weighted by Crippen LogP contribution is -2.16. The van der Waals surface area contributed by atoms with Crippen molar-refractivity contribution in [1.29, 1.82) is 0 Å². The van der Waals surface area contributed by atoms with Gasteiger partial charge in [0, 0.05) is 14.8 Å². The van der Waals surface area contributed by atoms with Crippen molar-refractivity contribution in [1.82, 2.24) is 14.9 Å². The second-order valence-electron chi connectivity index (χ2n) is 6.04. The fourth-order valence-electron chi connectivity index (χ4n) is 2.55. The van der Waals surface area contributed by atoms with E-state index in [1.807, 2.05) is 48.5 Å². The van der Waals surface area contributed by atoms with E-state index in [2.05, 4.69) is 15.5 Å². The largest absolute Gasteiger partial charge is 0.461 e. The third-order valence-electron chi connectivity index (χ3n) is 3.94. The number of anilines is 1. The summed E-state index contributed by atoms with van der Waals surface area (Å²) in [6, 6.07) is 18.6. The van der Waals surface area contributed by atoms with Crippen LogP contribution in [0.5, 0.6) is 0 Å². The minimum Gasteiger partial charge on any atom is -0.461 e. The van der Waals surface area contributed by atoms with E-state index in [0.29, 0.717) is 21.8 Å². The Morgan fingerprint density at radius 3 is 2.67 bits per heavy atom. The Bertz CT molecular complexity index is 1150. The minimum atomic E-state index is -0.174. The van der Waals surface area contributed by atoms with Crippen LogP contribution in [0.2, 0.25) is 5.02 Å². The standard InChI is InChI=1S/C20H16ClN5O2S2/c21-13-7-9-14(10-8-13)30-17-6-2-1-4-15(17)23-18(27)12-29-20-25-24-19(26(20)22)16-5-3-11-28-16/h1-11H,12,22H2,(H,23,27). The maximum atomic E-state index is 12.5. The molecule has 0 unspecified atom stereocenters. The highest BCUT2D eigenvalue weighted by Gasteiger charge is 2.16. The van der Waals surface area contributed by atoms with Gasteiger partial charge in [-0.05, 0) is 48.5 Å².